The summed E-state index contributed by atoms with van der Waals surface area (Å²) in [5, 5.41) is 21.1. The van der Waals surface area contributed by atoms with Crippen molar-refractivity contribution in [2.45, 2.75) is 58.0 Å². The fourth-order valence-electron chi connectivity index (χ4n) is 4.36. The molecule has 1 aliphatic carbocycles. The Kier molecular flexibility index (Phi) is 5.45. The third-order valence-corrected chi connectivity index (χ3v) is 5.32. The van der Waals surface area contributed by atoms with E-state index in [0.29, 0.717) is 24.2 Å². The minimum Gasteiger partial charge on any atom is -0.396 e. The van der Waals surface area contributed by atoms with Crippen LogP contribution >= 0.6 is 0 Å². The summed E-state index contributed by atoms with van der Waals surface area (Å²) in [7, 11) is 0. The summed E-state index contributed by atoms with van der Waals surface area (Å²) < 4.78 is 0. The Morgan fingerprint density at radius 2 is 1.86 bits per heavy atom. The van der Waals surface area contributed by atoms with E-state index in [0.717, 1.165) is 18.4 Å². The number of rotatable bonds is 5. The molecule has 2 N–H and O–H groups in total. The van der Waals surface area contributed by atoms with Crippen molar-refractivity contribution in [3.8, 4) is 0 Å². The van der Waals surface area contributed by atoms with Gasteiger partial charge in [-0.25, -0.2) is 0 Å². The van der Waals surface area contributed by atoms with E-state index in [1.807, 2.05) is 18.2 Å². The van der Waals surface area contributed by atoms with Crippen molar-refractivity contribution in [2.75, 3.05) is 6.61 Å². The van der Waals surface area contributed by atoms with Gasteiger partial charge >= 0.3 is 0 Å². The standard InChI is InChI=1S/C19H30O2/c1-14(2)17-10-9-15(3)13-19(17,21)18(11-12-20)16-7-5-4-6-8-16/h4-8,14-15,17-18,20-21H,9-13H2,1-3H3/t15-,17+,18?,19-/m1/s1. The lowest BCUT2D eigenvalue weighted by Gasteiger charge is -2.49. The van der Waals surface area contributed by atoms with Crippen LogP contribution < -0.4 is 0 Å². The van der Waals surface area contributed by atoms with Crippen molar-refractivity contribution in [1.29, 1.82) is 0 Å². The second-order valence-electron chi connectivity index (χ2n) is 7.20. The highest BCUT2D eigenvalue weighted by molar-refractivity contribution is 5.24. The van der Waals surface area contributed by atoms with Gasteiger partial charge in [-0.15, -0.1) is 0 Å². The Labute approximate surface area is 129 Å². The van der Waals surface area contributed by atoms with Crippen molar-refractivity contribution < 1.29 is 10.2 Å². The molecule has 1 saturated carbocycles. The lowest BCUT2D eigenvalue weighted by molar-refractivity contribution is -0.104. The number of hydrogen-bond donors (Lipinski definition) is 2. The van der Waals surface area contributed by atoms with Crippen LogP contribution in [0.3, 0.4) is 0 Å². The highest BCUT2D eigenvalue weighted by Gasteiger charge is 2.48. The molecule has 1 aliphatic rings. The molecule has 21 heavy (non-hydrogen) atoms. The van der Waals surface area contributed by atoms with Crippen molar-refractivity contribution in [2.24, 2.45) is 17.8 Å². The van der Waals surface area contributed by atoms with Crippen LogP contribution in [0.15, 0.2) is 30.3 Å². The first kappa shape index (κ1) is 16.5. The highest BCUT2D eigenvalue weighted by atomic mass is 16.3. The molecule has 0 aromatic heterocycles. The Hall–Kier alpha value is -0.860. The van der Waals surface area contributed by atoms with Gasteiger partial charge in [0, 0.05) is 12.5 Å². The van der Waals surface area contributed by atoms with Crippen LogP contribution in [0.25, 0.3) is 0 Å². The van der Waals surface area contributed by atoms with Crippen molar-refractivity contribution >= 4 is 0 Å². The quantitative estimate of drug-likeness (QED) is 0.861. The molecule has 2 nitrogen and oxygen atoms in total. The molecule has 0 radical (unpaired) electrons. The zero-order valence-electron chi connectivity index (χ0n) is 13.6. The smallest absolute Gasteiger partial charge is 0.0749 e. The van der Waals surface area contributed by atoms with E-state index in [1.54, 1.807) is 0 Å². The Morgan fingerprint density at radius 3 is 2.43 bits per heavy atom. The predicted octanol–water partition coefficient (Wildman–Crippen LogP) is 3.98. The SMILES string of the molecule is CC(C)[C@@H]1CC[C@@H](C)C[C@]1(O)C(CCO)c1ccccc1. The van der Waals surface area contributed by atoms with E-state index < -0.39 is 5.60 Å². The van der Waals surface area contributed by atoms with Crippen LogP contribution in [0.4, 0.5) is 0 Å². The summed E-state index contributed by atoms with van der Waals surface area (Å²) in [5.74, 6) is 1.35. The molecule has 1 fully saturated rings. The van der Waals surface area contributed by atoms with E-state index in [4.69, 9.17) is 0 Å². The van der Waals surface area contributed by atoms with Gasteiger partial charge in [-0.05, 0) is 42.6 Å². The molecule has 1 unspecified atom stereocenters. The molecule has 0 amide bonds. The summed E-state index contributed by atoms with van der Waals surface area (Å²) in [6.45, 7) is 6.79. The minimum absolute atomic E-state index is 0.0267. The van der Waals surface area contributed by atoms with E-state index >= 15 is 0 Å². The van der Waals surface area contributed by atoms with Gasteiger partial charge in [0.25, 0.3) is 0 Å². The molecular formula is C19H30O2. The minimum atomic E-state index is -0.698. The highest BCUT2D eigenvalue weighted by Crippen LogP contribution is 2.49. The van der Waals surface area contributed by atoms with Gasteiger partial charge in [0.05, 0.1) is 5.60 Å². The summed E-state index contributed by atoms with van der Waals surface area (Å²) in [6.07, 6.45) is 3.77. The van der Waals surface area contributed by atoms with Crippen molar-refractivity contribution in [3.63, 3.8) is 0 Å². The normalized spacial score (nSPS) is 31.3. The van der Waals surface area contributed by atoms with Crippen LogP contribution in [-0.4, -0.2) is 22.4 Å². The fourth-order valence-corrected chi connectivity index (χ4v) is 4.36. The first-order valence-corrected chi connectivity index (χ1v) is 8.37. The van der Waals surface area contributed by atoms with Gasteiger partial charge in [-0.2, -0.15) is 0 Å². The zero-order chi connectivity index (χ0) is 15.5. The third kappa shape index (κ3) is 3.49. The first-order chi connectivity index (χ1) is 9.99. The molecule has 0 spiro atoms. The monoisotopic (exact) mass is 290 g/mol. The fraction of sp³-hybridized carbons (Fsp3) is 0.684. The largest absolute Gasteiger partial charge is 0.396 e. The van der Waals surface area contributed by atoms with Gasteiger partial charge in [-0.1, -0.05) is 57.5 Å². The van der Waals surface area contributed by atoms with E-state index in [9.17, 15) is 10.2 Å². The average molecular weight is 290 g/mol. The lowest BCUT2D eigenvalue weighted by atomic mass is 9.60. The predicted molar refractivity (Wildman–Crippen MR) is 87.2 cm³/mol. The molecule has 118 valence electrons. The van der Waals surface area contributed by atoms with Gasteiger partial charge < -0.3 is 10.2 Å². The Morgan fingerprint density at radius 1 is 1.19 bits per heavy atom. The topological polar surface area (TPSA) is 40.5 Å². The molecule has 4 atom stereocenters. The summed E-state index contributed by atoms with van der Waals surface area (Å²) >= 11 is 0. The summed E-state index contributed by atoms with van der Waals surface area (Å²) in [4.78, 5) is 0. The lowest BCUT2D eigenvalue weighted by Crippen LogP contribution is -2.50. The van der Waals surface area contributed by atoms with E-state index in [2.05, 4.69) is 32.9 Å². The summed E-state index contributed by atoms with van der Waals surface area (Å²) in [5.41, 5.74) is 0.462. The maximum Gasteiger partial charge on any atom is 0.0749 e. The summed E-state index contributed by atoms with van der Waals surface area (Å²) in [6, 6.07) is 10.2. The maximum atomic E-state index is 11.6. The number of benzene rings is 1. The second kappa shape index (κ2) is 6.93. The third-order valence-electron chi connectivity index (χ3n) is 5.32. The van der Waals surface area contributed by atoms with Crippen LogP contribution in [0.5, 0.6) is 0 Å². The number of hydrogen-bond acceptors (Lipinski definition) is 2. The molecule has 2 heteroatoms. The molecule has 0 bridgehead atoms. The van der Waals surface area contributed by atoms with Crippen LogP contribution in [0.1, 0.15) is 57.9 Å². The first-order valence-electron chi connectivity index (χ1n) is 8.37. The molecule has 1 aromatic rings. The van der Waals surface area contributed by atoms with Crippen LogP contribution in [0, 0.1) is 17.8 Å². The van der Waals surface area contributed by atoms with Gasteiger partial charge in [-0.3, -0.25) is 0 Å². The molecule has 0 aliphatic heterocycles. The van der Waals surface area contributed by atoms with Crippen molar-refractivity contribution in [3.05, 3.63) is 35.9 Å². The van der Waals surface area contributed by atoms with Gasteiger partial charge in [0.1, 0.15) is 0 Å². The molecule has 0 heterocycles. The van der Waals surface area contributed by atoms with Crippen molar-refractivity contribution in [1.82, 2.24) is 0 Å². The number of aliphatic hydroxyl groups is 2. The van der Waals surface area contributed by atoms with E-state index in [-0.39, 0.29) is 12.5 Å². The number of aliphatic hydroxyl groups excluding tert-OH is 1. The Balaban J connectivity index is 2.38. The molecule has 2 rings (SSSR count). The van der Waals surface area contributed by atoms with Gasteiger partial charge in [0.15, 0.2) is 0 Å². The van der Waals surface area contributed by atoms with Crippen LogP contribution in [0.2, 0.25) is 0 Å². The average Bonchev–Trinajstić information content (AvgIpc) is 2.45. The van der Waals surface area contributed by atoms with Crippen LogP contribution in [-0.2, 0) is 0 Å². The van der Waals surface area contributed by atoms with E-state index in [1.165, 1.54) is 6.42 Å². The molecule has 0 saturated heterocycles. The second-order valence-corrected chi connectivity index (χ2v) is 7.20. The maximum absolute atomic E-state index is 11.6. The molecular weight excluding hydrogens is 260 g/mol. The Bertz CT molecular complexity index is 428. The van der Waals surface area contributed by atoms with Gasteiger partial charge in [0.2, 0.25) is 0 Å². The molecule has 1 aromatic carbocycles. The zero-order valence-corrected chi connectivity index (χ0v) is 13.6.